The molecule has 2 aromatic rings. The zero-order chi connectivity index (χ0) is 24.8. The van der Waals surface area contributed by atoms with Gasteiger partial charge in [0.25, 0.3) is 5.91 Å². The van der Waals surface area contributed by atoms with E-state index in [0.717, 1.165) is 0 Å². The Balaban J connectivity index is 2.12. The number of hydrogen-bond acceptors (Lipinski definition) is 5. The lowest BCUT2D eigenvalue weighted by Crippen LogP contribution is -2.40. The number of anilines is 1. The van der Waals surface area contributed by atoms with Gasteiger partial charge in [-0.2, -0.15) is 13.2 Å². The van der Waals surface area contributed by atoms with E-state index in [2.05, 4.69) is 20.9 Å². The first-order chi connectivity index (χ1) is 15.3. The Hall–Kier alpha value is -3.14. The number of carbonyl (C=O) groups is 2. The van der Waals surface area contributed by atoms with Gasteiger partial charge in [0.1, 0.15) is 11.4 Å². The average Bonchev–Trinajstić information content (AvgIpc) is 2.70. The van der Waals surface area contributed by atoms with Crippen LogP contribution in [0, 0.1) is 0 Å². The Morgan fingerprint density at radius 1 is 1.12 bits per heavy atom. The maximum absolute atomic E-state index is 12.6. The summed E-state index contributed by atoms with van der Waals surface area (Å²) >= 11 is 0. The molecule has 0 fully saturated rings. The number of rotatable bonds is 8. The minimum Gasteiger partial charge on any atom is -0.496 e. The molecule has 0 spiro atoms. The maximum Gasteiger partial charge on any atom is 0.401 e. The Bertz CT molecular complexity index is 988. The molecule has 1 heterocycles. The van der Waals surface area contributed by atoms with Crippen LogP contribution in [-0.2, 0) is 11.2 Å². The number of hydrogen-bond donors (Lipinski definition) is 3. The monoisotopic (exact) mass is 466 g/mol. The van der Waals surface area contributed by atoms with Crippen LogP contribution in [0.2, 0.25) is 0 Å². The molecule has 10 heteroatoms. The van der Waals surface area contributed by atoms with Crippen molar-refractivity contribution in [2.45, 2.75) is 51.9 Å². The third-order valence-corrected chi connectivity index (χ3v) is 4.53. The number of halogens is 3. The standard InChI is InChI=1S/C23H29F3N4O3/c1-14(28-13-23(24,25)26)15-6-7-19(33-5)16(10-15)11-20(31)29-17-8-9-27-18(12-17)21(32)30-22(2,3)4/h6-10,12,14,28H,11,13H2,1-5H3,(H,30,32)(H,27,29,31). The van der Waals surface area contributed by atoms with E-state index in [1.807, 2.05) is 20.8 Å². The third-order valence-electron chi connectivity index (χ3n) is 4.53. The highest BCUT2D eigenvalue weighted by Crippen LogP contribution is 2.25. The smallest absolute Gasteiger partial charge is 0.401 e. The molecule has 180 valence electrons. The maximum atomic E-state index is 12.6. The minimum atomic E-state index is -4.32. The molecule has 2 rings (SSSR count). The fraction of sp³-hybridized carbons (Fsp3) is 0.435. The van der Waals surface area contributed by atoms with Crippen LogP contribution in [0.3, 0.4) is 0 Å². The van der Waals surface area contributed by atoms with Crippen LogP contribution >= 0.6 is 0 Å². The summed E-state index contributed by atoms with van der Waals surface area (Å²) in [4.78, 5) is 29.0. The first-order valence-electron chi connectivity index (χ1n) is 10.3. The Morgan fingerprint density at radius 3 is 2.42 bits per heavy atom. The molecule has 1 unspecified atom stereocenters. The largest absolute Gasteiger partial charge is 0.496 e. The summed E-state index contributed by atoms with van der Waals surface area (Å²) in [6.45, 7) is 6.02. The third kappa shape index (κ3) is 8.72. The van der Waals surface area contributed by atoms with Gasteiger partial charge in [0.05, 0.1) is 20.1 Å². The van der Waals surface area contributed by atoms with Crippen molar-refractivity contribution in [1.82, 2.24) is 15.6 Å². The van der Waals surface area contributed by atoms with Gasteiger partial charge in [-0.15, -0.1) is 0 Å². The number of methoxy groups -OCH3 is 1. The van der Waals surface area contributed by atoms with E-state index in [9.17, 15) is 22.8 Å². The number of carbonyl (C=O) groups excluding carboxylic acids is 2. The van der Waals surface area contributed by atoms with Gasteiger partial charge in [-0.1, -0.05) is 12.1 Å². The van der Waals surface area contributed by atoms with Crippen LogP contribution in [0.4, 0.5) is 18.9 Å². The lowest BCUT2D eigenvalue weighted by molar-refractivity contribution is -0.126. The van der Waals surface area contributed by atoms with Crippen molar-refractivity contribution < 1.29 is 27.5 Å². The molecule has 0 aliphatic rings. The summed E-state index contributed by atoms with van der Waals surface area (Å²) in [5, 5.41) is 7.93. The molecule has 1 aromatic heterocycles. The van der Waals surface area contributed by atoms with Gasteiger partial charge in [-0.3, -0.25) is 14.6 Å². The molecule has 1 aromatic carbocycles. The summed E-state index contributed by atoms with van der Waals surface area (Å²) < 4.78 is 42.8. The first-order valence-corrected chi connectivity index (χ1v) is 10.3. The number of nitrogens with one attached hydrogen (secondary N) is 3. The highest BCUT2D eigenvalue weighted by molar-refractivity contribution is 5.96. The molecule has 2 amide bonds. The van der Waals surface area contributed by atoms with Crippen molar-refractivity contribution in [2.24, 2.45) is 0 Å². The summed E-state index contributed by atoms with van der Waals surface area (Å²) in [6, 6.07) is 7.35. The second-order valence-electron chi connectivity index (χ2n) is 8.65. The topological polar surface area (TPSA) is 92.3 Å². The van der Waals surface area contributed by atoms with Crippen molar-refractivity contribution >= 4 is 17.5 Å². The molecular formula is C23H29F3N4O3. The van der Waals surface area contributed by atoms with Gasteiger partial charge >= 0.3 is 6.18 Å². The molecule has 0 radical (unpaired) electrons. The highest BCUT2D eigenvalue weighted by atomic mass is 19.4. The van der Waals surface area contributed by atoms with Gasteiger partial charge < -0.3 is 20.7 Å². The molecule has 7 nitrogen and oxygen atoms in total. The van der Waals surface area contributed by atoms with E-state index in [-0.39, 0.29) is 23.9 Å². The van der Waals surface area contributed by atoms with Gasteiger partial charge in [-0.25, -0.2) is 0 Å². The van der Waals surface area contributed by atoms with Crippen molar-refractivity contribution in [2.75, 3.05) is 19.0 Å². The van der Waals surface area contributed by atoms with E-state index in [4.69, 9.17) is 4.74 Å². The lowest BCUT2D eigenvalue weighted by Gasteiger charge is -2.20. The molecule has 0 aliphatic heterocycles. The van der Waals surface area contributed by atoms with Gasteiger partial charge in [0.2, 0.25) is 5.91 Å². The van der Waals surface area contributed by atoms with Crippen molar-refractivity contribution in [1.29, 1.82) is 0 Å². The van der Waals surface area contributed by atoms with E-state index >= 15 is 0 Å². The molecule has 33 heavy (non-hydrogen) atoms. The summed E-state index contributed by atoms with van der Waals surface area (Å²) in [7, 11) is 1.45. The molecule has 0 saturated heterocycles. The quantitative estimate of drug-likeness (QED) is 0.547. The average molecular weight is 467 g/mol. The van der Waals surface area contributed by atoms with Crippen LogP contribution < -0.4 is 20.7 Å². The van der Waals surface area contributed by atoms with Crippen LogP contribution in [0.5, 0.6) is 5.75 Å². The fourth-order valence-corrected chi connectivity index (χ4v) is 3.01. The Kier molecular flexibility index (Phi) is 8.43. The number of pyridine rings is 1. The van der Waals surface area contributed by atoms with E-state index < -0.39 is 24.3 Å². The van der Waals surface area contributed by atoms with Crippen LogP contribution in [0.1, 0.15) is 55.4 Å². The lowest BCUT2D eigenvalue weighted by atomic mass is 10.0. The second kappa shape index (κ2) is 10.7. The molecule has 0 bridgehead atoms. The Labute approximate surface area is 191 Å². The van der Waals surface area contributed by atoms with Crippen molar-refractivity contribution in [3.05, 3.63) is 53.3 Å². The Morgan fingerprint density at radius 2 is 1.82 bits per heavy atom. The first kappa shape index (κ1) is 26.1. The second-order valence-corrected chi connectivity index (χ2v) is 8.65. The number of alkyl halides is 3. The SMILES string of the molecule is COc1ccc(C(C)NCC(F)(F)F)cc1CC(=O)Nc1ccnc(C(=O)NC(C)(C)C)c1. The molecule has 3 N–H and O–H groups in total. The predicted octanol–water partition coefficient (Wildman–Crippen LogP) is 4.01. The van der Waals surface area contributed by atoms with E-state index in [1.54, 1.807) is 31.2 Å². The van der Waals surface area contributed by atoms with E-state index in [0.29, 0.717) is 22.6 Å². The van der Waals surface area contributed by atoms with Gasteiger partial charge in [-0.05, 0) is 51.5 Å². The van der Waals surface area contributed by atoms with Gasteiger partial charge in [0.15, 0.2) is 0 Å². The molecular weight excluding hydrogens is 437 g/mol. The number of amides is 2. The number of nitrogens with zero attached hydrogens (tertiary/aromatic N) is 1. The number of aromatic nitrogens is 1. The number of ether oxygens (including phenoxy) is 1. The van der Waals surface area contributed by atoms with Crippen molar-refractivity contribution in [3.8, 4) is 5.75 Å². The zero-order valence-corrected chi connectivity index (χ0v) is 19.3. The van der Waals surface area contributed by atoms with Crippen LogP contribution in [0.25, 0.3) is 0 Å². The summed E-state index contributed by atoms with van der Waals surface area (Å²) in [5.74, 6) is -0.306. The molecule has 1 atom stereocenters. The highest BCUT2D eigenvalue weighted by Gasteiger charge is 2.27. The minimum absolute atomic E-state index is 0.0746. The van der Waals surface area contributed by atoms with Crippen LogP contribution in [-0.4, -0.2) is 42.2 Å². The summed E-state index contributed by atoms with van der Waals surface area (Å²) in [5.41, 5.74) is 1.23. The van der Waals surface area contributed by atoms with Crippen LogP contribution in [0.15, 0.2) is 36.5 Å². The summed E-state index contributed by atoms with van der Waals surface area (Å²) in [6.07, 6.45) is -2.98. The zero-order valence-electron chi connectivity index (χ0n) is 19.3. The molecule has 0 aliphatic carbocycles. The normalized spacial score (nSPS) is 12.7. The van der Waals surface area contributed by atoms with Crippen molar-refractivity contribution in [3.63, 3.8) is 0 Å². The molecule has 0 saturated carbocycles. The fourth-order valence-electron chi connectivity index (χ4n) is 3.01. The van der Waals surface area contributed by atoms with Gasteiger partial charge in [0, 0.05) is 29.0 Å². The number of benzene rings is 1. The van der Waals surface area contributed by atoms with E-state index in [1.165, 1.54) is 19.4 Å². The predicted molar refractivity (Wildman–Crippen MR) is 119 cm³/mol.